The van der Waals surface area contributed by atoms with Gasteiger partial charge in [-0.15, -0.1) is 0 Å². The van der Waals surface area contributed by atoms with Crippen molar-refractivity contribution in [1.29, 1.82) is 0 Å². The van der Waals surface area contributed by atoms with Crippen molar-refractivity contribution in [3.8, 4) is 0 Å². The Morgan fingerprint density at radius 1 is 0.767 bits per heavy atom. The molecular formula is C20H37N5O5. The predicted octanol–water partition coefficient (Wildman–Crippen LogP) is -0.954. The Kier molecular flexibility index (Phi) is 13.4. The third kappa shape index (κ3) is 11.7. The Hall–Kier alpha value is -2.20. The minimum Gasteiger partial charge on any atom is -0.379 e. The molecule has 0 aromatic carbocycles. The van der Waals surface area contributed by atoms with Crippen LogP contribution in [-0.4, -0.2) is 76.6 Å². The van der Waals surface area contributed by atoms with Crippen molar-refractivity contribution >= 4 is 23.6 Å². The van der Waals surface area contributed by atoms with E-state index in [-0.39, 0.29) is 55.0 Å². The second-order valence-corrected chi connectivity index (χ2v) is 7.40. The van der Waals surface area contributed by atoms with Crippen LogP contribution in [0, 0.1) is 5.92 Å². The van der Waals surface area contributed by atoms with Crippen LogP contribution in [0.5, 0.6) is 0 Å². The minimum absolute atomic E-state index is 0.0522. The molecule has 4 amide bonds. The number of carbonyl (C=O) groups excluding carboxylic acids is 4. The number of rotatable bonds is 14. The van der Waals surface area contributed by atoms with Gasteiger partial charge in [-0.2, -0.15) is 0 Å². The molecular weight excluding hydrogens is 390 g/mol. The highest BCUT2D eigenvalue weighted by Crippen LogP contribution is 2.24. The van der Waals surface area contributed by atoms with E-state index in [0.29, 0.717) is 32.7 Å². The van der Waals surface area contributed by atoms with Gasteiger partial charge in [0.15, 0.2) is 0 Å². The molecule has 0 aromatic heterocycles. The van der Waals surface area contributed by atoms with Gasteiger partial charge in [-0.25, -0.2) is 0 Å². The molecule has 1 aliphatic carbocycles. The zero-order chi connectivity index (χ0) is 22.2. The predicted molar refractivity (Wildman–Crippen MR) is 113 cm³/mol. The SMILES string of the molecule is CNCCC(=O)NCCC(=O)NCCOCCC(=O)NC1CCC(C(=O)NC)CC1. The fourth-order valence-electron chi connectivity index (χ4n) is 3.26. The highest BCUT2D eigenvalue weighted by Gasteiger charge is 2.26. The van der Waals surface area contributed by atoms with Crippen molar-refractivity contribution in [2.45, 2.75) is 51.0 Å². The Morgan fingerprint density at radius 3 is 2.03 bits per heavy atom. The zero-order valence-electron chi connectivity index (χ0n) is 18.2. The summed E-state index contributed by atoms with van der Waals surface area (Å²) in [6.07, 6.45) is 4.08. The van der Waals surface area contributed by atoms with Crippen molar-refractivity contribution < 1.29 is 23.9 Å². The third-order valence-corrected chi connectivity index (χ3v) is 5.03. The lowest BCUT2D eigenvalue weighted by atomic mass is 9.85. The molecule has 0 atom stereocenters. The molecule has 10 heteroatoms. The largest absolute Gasteiger partial charge is 0.379 e. The Balaban J connectivity index is 1.97. The summed E-state index contributed by atoms with van der Waals surface area (Å²) in [7, 11) is 3.42. The lowest BCUT2D eigenvalue weighted by molar-refractivity contribution is -0.126. The summed E-state index contributed by atoms with van der Waals surface area (Å²) in [5.41, 5.74) is 0. The number of hydrogen-bond acceptors (Lipinski definition) is 6. The van der Waals surface area contributed by atoms with Gasteiger partial charge in [0.2, 0.25) is 23.6 Å². The van der Waals surface area contributed by atoms with E-state index in [1.165, 1.54) is 0 Å². The topological polar surface area (TPSA) is 138 Å². The first-order valence-electron chi connectivity index (χ1n) is 10.7. The molecule has 0 saturated heterocycles. The smallest absolute Gasteiger partial charge is 0.222 e. The van der Waals surface area contributed by atoms with Gasteiger partial charge in [-0.3, -0.25) is 19.2 Å². The Labute approximate surface area is 178 Å². The molecule has 0 aromatic rings. The van der Waals surface area contributed by atoms with Gasteiger partial charge in [-0.05, 0) is 32.7 Å². The van der Waals surface area contributed by atoms with Gasteiger partial charge in [0.05, 0.1) is 13.2 Å². The first kappa shape index (κ1) is 25.8. The second-order valence-electron chi connectivity index (χ2n) is 7.40. The van der Waals surface area contributed by atoms with Crippen LogP contribution >= 0.6 is 0 Å². The van der Waals surface area contributed by atoms with Crippen LogP contribution in [0.25, 0.3) is 0 Å². The fourth-order valence-corrected chi connectivity index (χ4v) is 3.26. The summed E-state index contributed by atoms with van der Waals surface area (Å²) in [5.74, 6) is -0.168. The van der Waals surface area contributed by atoms with Gasteiger partial charge in [0.25, 0.3) is 0 Å². The van der Waals surface area contributed by atoms with Crippen LogP contribution in [0.2, 0.25) is 0 Å². The quantitative estimate of drug-likeness (QED) is 0.227. The summed E-state index contributed by atoms with van der Waals surface area (Å²) in [4.78, 5) is 46.7. The van der Waals surface area contributed by atoms with E-state index >= 15 is 0 Å². The third-order valence-electron chi connectivity index (χ3n) is 5.03. The van der Waals surface area contributed by atoms with E-state index in [9.17, 15) is 19.2 Å². The van der Waals surface area contributed by atoms with Gasteiger partial charge in [0, 0.05) is 57.9 Å². The number of nitrogens with one attached hydrogen (secondary N) is 5. The van der Waals surface area contributed by atoms with E-state index in [0.717, 1.165) is 25.7 Å². The lowest BCUT2D eigenvalue weighted by Gasteiger charge is -2.28. The molecule has 30 heavy (non-hydrogen) atoms. The second kappa shape index (κ2) is 15.6. The van der Waals surface area contributed by atoms with E-state index < -0.39 is 0 Å². The van der Waals surface area contributed by atoms with Crippen LogP contribution in [0.1, 0.15) is 44.9 Å². The maximum Gasteiger partial charge on any atom is 0.222 e. The summed E-state index contributed by atoms with van der Waals surface area (Å²) in [6.45, 7) is 1.88. The van der Waals surface area contributed by atoms with E-state index in [2.05, 4.69) is 26.6 Å². The normalized spacial score (nSPS) is 18.3. The van der Waals surface area contributed by atoms with E-state index in [1.807, 2.05) is 0 Å². The number of amides is 4. The summed E-state index contributed by atoms with van der Waals surface area (Å²) < 4.78 is 5.39. The number of carbonyl (C=O) groups is 4. The summed E-state index contributed by atoms with van der Waals surface area (Å²) >= 11 is 0. The first-order chi connectivity index (χ1) is 14.5. The molecule has 5 N–H and O–H groups in total. The van der Waals surface area contributed by atoms with Crippen LogP contribution in [0.3, 0.4) is 0 Å². The molecule has 0 bridgehead atoms. The summed E-state index contributed by atoms with van der Waals surface area (Å²) in [5, 5.41) is 13.9. The monoisotopic (exact) mass is 427 g/mol. The maximum absolute atomic E-state index is 12.0. The van der Waals surface area contributed by atoms with Crippen LogP contribution in [0.4, 0.5) is 0 Å². The fraction of sp³-hybridized carbons (Fsp3) is 0.800. The molecule has 1 aliphatic rings. The van der Waals surface area contributed by atoms with Gasteiger partial charge < -0.3 is 31.3 Å². The van der Waals surface area contributed by atoms with Crippen molar-refractivity contribution in [2.24, 2.45) is 5.92 Å². The number of hydrogen-bond donors (Lipinski definition) is 5. The number of ether oxygens (including phenoxy) is 1. The molecule has 0 heterocycles. The Morgan fingerprint density at radius 2 is 1.40 bits per heavy atom. The van der Waals surface area contributed by atoms with Crippen LogP contribution < -0.4 is 26.6 Å². The lowest BCUT2D eigenvalue weighted by Crippen LogP contribution is -2.40. The molecule has 172 valence electrons. The molecule has 0 aliphatic heterocycles. The van der Waals surface area contributed by atoms with Crippen molar-refractivity contribution in [1.82, 2.24) is 26.6 Å². The molecule has 1 fully saturated rings. The van der Waals surface area contributed by atoms with Crippen LogP contribution in [0.15, 0.2) is 0 Å². The highest BCUT2D eigenvalue weighted by molar-refractivity contribution is 5.79. The first-order valence-corrected chi connectivity index (χ1v) is 10.7. The molecule has 0 unspecified atom stereocenters. The van der Waals surface area contributed by atoms with Gasteiger partial charge >= 0.3 is 0 Å². The van der Waals surface area contributed by atoms with Crippen molar-refractivity contribution in [3.63, 3.8) is 0 Å². The maximum atomic E-state index is 12.0. The highest BCUT2D eigenvalue weighted by atomic mass is 16.5. The van der Waals surface area contributed by atoms with Crippen LogP contribution in [-0.2, 0) is 23.9 Å². The summed E-state index contributed by atoms with van der Waals surface area (Å²) in [6, 6.07) is 0.122. The molecule has 10 nitrogen and oxygen atoms in total. The zero-order valence-corrected chi connectivity index (χ0v) is 18.2. The van der Waals surface area contributed by atoms with E-state index in [4.69, 9.17) is 4.74 Å². The average molecular weight is 428 g/mol. The molecule has 1 saturated carbocycles. The standard InChI is InChI=1S/C20H37N5O5/c1-21-10-7-17(26)23-11-8-18(27)24-12-14-30-13-9-19(28)25-16-5-3-15(4-6-16)20(29)22-2/h15-16,21H,3-14H2,1-2H3,(H,22,29)(H,23,26)(H,24,27)(H,25,28). The van der Waals surface area contributed by atoms with E-state index in [1.54, 1.807) is 14.1 Å². The van der Waals surface area contributed by atoms with Crippen molar-refractivity contribution in [3.05, 3.63) is 0 Å². The molecule has 1 rings (SSSR count). The van der Waals surface area contributed by atoms with Gasteiger partial charge in [0.1, 0.15) is 0 Å². The average Bonchev–Trinajstić information content (AvgIpc) is 2.74. The molecule has 0 spiro atoms. The Bertz CT molecular complexity index is 550. The van der Waals surface area contributed by atoms with Gasteiger partial charge in [-0.1, -0.05) is 0 Å². The molecule has 0 radical (unpaired) electrons. The van der Waals surface area contributed by atoms with Crippen molar-refractivity contribution in [2.75, 3.05) is 46.9 Å². The minimum atomic E-state index is -0.155.